The van der Waals surface area contributed by atoms with Crippen LogP contribution in [0.1, 0.15) is 31.7 Å². The molecule has 0 unspecified atom stereocenters. The number of benzene rings is 1. The minimum atomic E-state index is 1.11. The number of anilines is 1. The van der Waals surface area contributed by atoms with E-state index in [1.807, 2.05) is 13.0 Å². The summed E-state index contributed by atoms with van der Waals surface area (Å²) in [5, 5.41) is 0. The standard InChI is InChI=1S/C21H25N/c1-4-11-19(12-5-2)22(20-14-8-6-7-9-15-20)21-16-10-13-18(3)17-21/h4-5,8,10-17H,1,6-7,9H2,2-3H3/b12-5-,19-11+. The van der Waals surface area contributed by atoms with Crippen molar-refractivity contribution in [2.24, 2.45) is 0 Å². The summed E-state index contributed by atoms with van der Waals surface area (Å²) in [6.45, 7) is 8.04. The van der Waals surface area contributed by atoms with E-state index in [4.69, 9.17) is 0 Å². The molecule has 0 N–H and O–H groups in total. The van der Waals surface area contributed by atoms with Crippen LogP contribution in [0, 0.1) is 6.92 Å². The third-order valence-electron chi connectivity index (χ3n) is 3.62. The normalized spacial score (nSPS) is 15.5. The Labute approximate surface area is 134 Å². The van der Waals surface area contributed by atoms with E-state index in [2.05, 4.69) is 79.1 Å². The van der Waals surface area contributed by atoms with Crippen LogP contribution in [0.15, 0.2) is 84.8 Å². The van der Waals surface area contributed by atoms with Gasteiger partial charge in [0.2, 0.25) is 0 Å². The second-order valence-electron chi connectivity index (χ2n) is 5.46. The summed E-state index contributed by atoms with van der Waals surface area (Å²) in [6, 6.07) is 8.62. The molecule has 1 aliphatic carbocycles. The van der Waals surface area contributed by atoms with E-state index in [9.17, 15) is 0 Å². The SMILES string of the molecule is C=C/C=C(\C=C/C)N(C1=CCCCC=C1)c1cccc(C)c1. The molecule has 0 radical (unpaired) electrons. The highest BCUT2D eigenvalue weighted by Crippen LogP contribution is 2.28. The molecule has 1 aromatic carbocycles. The van der Waals surface area contributed by atoms with Gasteiger partial charge in [-0.2, -0.15) is 0 Å². The Morgan fingerprint density at radius 1 is 1.27 bits per heavy atom. The highest BCUT2D eigenvalue weighted by atomic mass is 15.1. The van der Waals surface area contributed by atoms with Gasteiger partial charge in [-0.3, -0.25) is 0 Å². The quantitative estimate of drug-likeness (QED) is 0.595. The van der Waals surface area contributed by atoms with E-state index in [0.29, 0.717) is 0 Å². The van der Waals surface area contributed by atoms with Crippen molar-refractivity contribution in [1.29, 1.82) is 0 Å². The van der Waals surface area contributed by atoms with E-state index in [0.717, 1.165) is 18.5 Å². The Kier molecular flexibility index (Phi) is 6.02. The number of rotatable bonds is 5. The first kappa shape index (κ1) is 16.1. The van der Waals surface area contributed by atoms with Gasteiger partial charge >= 0.3 is 0 Å². The van der Waals surface area contributed by atoms with Gasteiger partial charge in [0.25, 0.3) is 0 Å². The van der Waals surface area contributed by atoms with Crippen molar-refractivity contribution in [3.63, 3.8) is 0 Å². The van der Waals surface area contributed by atoms with Gasteiger partial charge in [-0.25, -0.2) is 0 Å². The van der Waals surface area contributed by atoms with Gasteiger partial charge in [0.05, 0.1) is 0 Å². The number of hydrogen-bond donors (Lipinski definition) is 0. The van der Waals surface area contributed by atoms with Crippen LogP contribution in [0.3, 0.4) is 0 Å². The molecule has 0 fully saturated rings. The second kappa shape index (κ2) is 8.23. The molecule has 0 aliphatic heterocycles. The number of aryl methyl sites for hydroxylation is 1. The average Bonchev–Trinajstić information content (AvgIpc) is 2.77. The zero-order valence-corrected chi connectivity index (χ0v) is 13.6. The first-order valence-corrected chi connectivity index (χ1v) is 7.95. The van der Waals surface area contributed by atoms with E-state index in [1.165, 1.54) is 23.4 Å². The first-order chi connectivity index (χ1) is 10.8. The molecule has 1 aromatic rings. The molecular weight excluding hydrogens is 266 g/mol. The van der Waals surface area contributed by atoms with E-state index in [-0.39, 0.29) is 0 Å². The molecule has 22 heavy (non-hydrogen) atoms. The summed E-state index contributed by atoms with van der Waals surface area (Å²) in [5.74, 6) is 0. The molecule has 0 atom stereocenters. The van der Waals surface area contributed by atoms with Crippen LogP contribution >= 0.6 is 0 Å². The Morgan fingerprint density at radius 3 is 2.86 bits per heavy atom. The molecule has 0 heterocycles. The van der Waals surface area contributed by atoms with Crippen molar-refractivity contribution in [3.8, 4) is 0 Å². The predicted octanol–water partition coefficient (Wildman–Crippen LogP) is 6.07. The molecule has 2 rings (SSSR count). The summed E-state index contributed by atoms with van der Waals surface area (Å²) in [7, 11) is 0. The number of allylic oxidation sites excluding steroid dienone is 7. The van der Waals surface area contributed by atoms with Crippen LogP contribution in [0.2, 0.25) is 0 Å². The maximum absolute atomic E-state index is 3.87. The van der Waals surface area contributed by atoms with Crippen molar-refractivity contribution in [2.75, 3.05) is 4.90 Å². The highest BCUT2D eigenvalue weighted by molar-refractivity contribution is 5.64. The molecule has 114 valence electrons. The Hall–Kier alpha value is -2.28. The van der Waals surface area contributed by atoms with Crippen LogP contribution in [0.25, 0.3) is 0 Å². The molecule has 0 saturated carbocycles. The summed E-state index contributed by atoms with van der Waals surface area (Å²) in [4.78, 5) is 2.30. The second-order valence-corrected chi connectivity index (χ2v) is 5.46. The van der Waals surface area contributed by atoms with E-state index >= 15 is 0 Å². The summed E-state index contributed by atoms with van der Waals surface area (Å²) >= 11 is 0. The van der Waals surface area contributed by atoms with Crippen LogP contribution < -0.4 is 4.90 Å². The van der Waals surface area contributed by atoms with Crippen molar-refractivity contribution in [2.45, 2.75) is 33.1 Å². The smallest absolute Gasteiger partial charge is 0.0464 e. The fourth-order valence-electron chi connectivity index (χ4n) is 2.63. The van der Waals surface area contributed by atoms with Crippen molar-refractivity contribution < 1.29 is 0 Å². The fraction of sp³-hybridized carbons (Fsp3) is 0.238. The monoisotopic (exact) mass is 291 g/mol. The molecule has 1 aliphatic rings. The molecule has 1 heteroatoms. The minimum absolute atomic E-state index is 1.11. The van der Waals surface area contributed by atoms with Gasteiger partial charge in [0.1, 0.15) is 0 Å². The number of nitrogens with zero attached hydrogens (tertiary/aromatic N) is 1. The van der Waals surface area contributed by atoms with E-state index < -0.39 is 0 Å². The van der Waals surface area contributed by atoms with Crippen LogP contribution in [0.5, 0.6) is 0 Å². The maximum Gasteiger partial charge on any atom is 0.0464 e. The first-order valence-electron chi connectivity index (χ1n) is 7.95. The summed E-state index contributed by atoms with van der Waals surface area (Å²) in [5.41, 5.74) is 4.80. The Bertz CT molecular complexity index is 629. The molecule has 0 amide bonds. The van der Waals surface area contributed by atoms with Crippen LogP contribution in [-0.4, -0.2) is 0 Å². The lowest BCUT2D eigenvalue weighted by Gasteiger charge is -2.27. The average molecular weight is 291 g/mol. The topological polar surface area (TPSA) is 3.24 Å². The molecule has 0 bridgehead atoms. The van der Waals surface area contributed by atoms with Gasteiger partial charge < -0.3 is 4.90 Å². The molecule has 0 aromatic heterocycles. The Balaban J connectivity index is 2.55. The fourth-order valence-corrected chi connectivity index (χ4v) is 2.63. The van der Waals surface area contributed by atoms with Gasteiger partial charge in [0, 0.05) is 17.1 Å². The molecular formula is C21H25N. The zero-order chi connectivity index (χ0) is 15.8. The van der Waals surface area contributed by atoms with Crippen LogP contribution in [-0.2, 0) is 0 Å². The third kappa shape index (κ3) is 4.11. The van der Waals surface area contributed by atoms with Gasteiger partial charge in [-0.15, -0.1) is 0 Å². The van der Waals surface area contributed by atoms with Crippen molar-refractivity contribution >= 4 is 5.69 Å². The Morgan fingerprint density at radius 2 is 2.14 bits per heavy atom. The highest BCUT2D eigenvalue weighted by Gasteiger charge is 2.14. The molecule has 0 spiro atoms. The van der Waals surface area contributed by atoms with E-state index in [1.54, 1.807) is 0 Å². The van der Waals surface area contributed by atoms with Crippen molar-refractivity contribution in [3.05, 3.63) is 90.3 Å². The van der Waals surface area contributed by atoms with Gasteiger partial charge in [-0.1, -0.05) is 43.0 Å². The predicted molar refractivity (Wildman–Crippen MR) is 97.8 cm³/mol. The minimum Gasteiger partial charge on any atom is -0.311 e. The van der Waals surface area contributed by atoms with Crippen molar-refractivity contribution in [1.82, 2.24) is 0 Å². The maximum atomic E-state index is 3.87. The lowest BCUT2D eigenvalue weighted by molar-refractivity contribution is 0.873. The van der Waals surface area contributed by atoms with Gasteiger partial charge in [0.15, 0.2) is 0 Å². The summed E-state index contributed by atoms with van der Waals surface area (Å²) in [6.07, 6.45) is 18.4. The molecule has 1 nitrogen and oxygen atoms in total. The lowest BCUT2D eigenvalue weighted by Crippen LogP contribution is -2.20. The zero-order valence-electron chi connectivity index (χ0n) is 13.6. The van der Waals surface area contributed by atoms with Crippen LogP contribution in [0.4, 0.5) is 5.69 Å². The third-order valence-corrected chi connectivity index (χ3v) is 3.62. The lowest BCUT2D eigenvalue weighted by atomic mass is 10.1. The van der Waals surface area contributed by atoms with Gasteiger partial charge in [-0.05, 0) is 69.0 Å². The number of hydrogen-bond acceptors (Lipinski definition) is 1. The molecule has 0 saturated heterocycles. The largest absolute Gasteiger partial charge is 0.311 e. The summed E-state index contributed by atoms with van der Waals surface area (Å²) < 4.78 is 0.